The van der Waals surface area contributed by atoms with Crippen LogP contribution in [0.15, 0.2) is 29.4 Å². The molecule has 0 aromatic heterocycles. The second-order valence-corrected chi connectivity index (χ2v) is 3.79. The molecule has 100 valence electrons. The summed E-state index contributed by atoms with van der Waals surface area (Å²) < 4.78 is 5.12. The Balaban J connectivity index is 2.79. The highest BCUT2D eigenvalue weighted by Crippen LogP contribution is 2.21. The van der Waals surface area contributed by atoms with Gasteiger partial charge in [0.2, 0.25) is 0 Å². The number of nitrogens with zero attached hydrogens (tertiary/aromatic N) is 3. The van der Waals surface area contributed by atoms with E-state index in [4.69, 9.17) is 15.4 Å². The van der Waals surface area contributed by atoms with Crippen LogP contribution in [0.25, 0.3) is 16.5 Å². The van der Waals surface area contributed by atoms with Gasteiger partial charge in [-0.05, 0) is 29.6 Å². The molecule has 0 atom stereocenters. The molecule has 1 rings (SSSR count). The van der Waals surface area contributed by atoms with Crippen molar-refractivity contribution in [1.29, 1.82) is 0 Å². The maximum atomic E-state index is 10.8. The lowest BCUT2D eigenvalue weighted by atomic mass is 10.1. The summed E-state index contributed by atoms with van der Waals surface area (Å²) in [5.74, 6) is -0.337. The van der Waals surface area contributed by atoms with E-state index in [9.17, 15) is 4.79 Å². The molecule has 19 heavy (non-hydrogen) atoms. The van der Waals surface area contributed by atoms with Crippen molar-refractivity contribution in [2.45, 2.75) is 12.8 Å². The number of azide groups is 1. The molecule has 0 bridgehead atoms. The fourth-order valence-electron chi connectivity index (χ4n) is 1.60. The van der Waals surface area contributed by atoms with Crippen molar-refractivity contribution >= 4 is 12.0 Å². The quantitative estimate of drug-likeness (QED) is 0.353. The Morgan fingerprint density at radius 1 is 1.58 bits per heavy atom. The van der Waals surface area contributed by atoms with Crippen LogP contribution >= 0.6 is 0 Å². The van der Waals surface area contributed by atoms with Crippen LogP contribution in [0.5, 0.6) is 5.75 Å². The molecule has 0 heterocycles. The Labute approximate surface area is 110 Å². The molecular weight excluding hydrogens is 246 g/mol. The fraction of sp³-hybridized carbons (Fsp3) is 0.308. The summed E-state index contributed by atoms with van der Waals surface area (Å²) in [7, 11) is 1.51. The predicted octanol–water partition coefficient (Wildman–Crippen LogP) is 3.04. The maximum absolute atomic E-state index is 10.8. The Hall–Kier alpha value is -2.46. The lowest BCUT2D eigenvalue weighted by Gasteiger charge is -2.07. The summed E-state index contributed by atoms with van der Waals surface area (Å²) in [6.07, 6.45) is 4.30. The van der Waals surface area contributed by atoms with Crippen LogP contribution < -0.4 is 4.74 Å². The van der Waals surface area contributed by atoms with Crippen LogP contribution in [0.2, 0.25) is 0 Å². The maximum Gasteiger partial charge on any atom is 0.307 e. The number of hydrogen-bond acceptors (Lipinski definition) is 3. The first kappa shape index (κ1) is 14.6. The van der Waals surface area contributed by atoms with Crippen molar-refractivity contribution in [2.75, 3.05) is 13.7 Å². The molecule has 1 aromatic carbocycles. The van der Waals surface area contributed by atoms with Crippen LogP contribution in [0, 0.1) is 0 Å². The molecule has 0 aliphatic rings. The number of hydrogen-bond donors (Lipinski definition) is 1. The van der Waals surface area contributed by atoms with E-state index in [-0.39, 0.29) is 6.42 Å². The molecule has 0 spiro atoms. The number of ether oxygens (including phenoxy) is 1. The van der Waals surface area contributed by atoms with Gasteiger partial charge >= 0.3 is 5.97 Å². The van der Waals surface area contributed by atoms with E-state index >= 15 is 0 Å². The third kappa shape index (κ3) is 5.14. The van der Waals surface area contributed by atoms with E-state index in [1.54, 1.807) is 12.1 Å². The summed E-state index contributed by atoms with van der Waals surface area (Å²) >= 11 is 0. The van der Waals surface area contributed by atoms with E-state index in [1.165, 1.54) is 7.11 Å². The Bertz CT molecular complexity index is 520. The molecule has 6 nitrogen and oxygen atoms in total. The van der Waals surface area contributed by atoms with Gasteiger partial charge in [0.25, 0.3) is 0 Å². The molecule has 0 saturated carbocycles. The molecule has 6 heteroatoms. The summed E-state index contributed by atoms with van der Waals surface area (Å²) in [6, 6.07) is 5.36. The fourth-order valence-corrected chi connectivity index (χ4v) is 1.60. The topological polar surface area (TPSA) is 95.3 Å². The number of carbonyl (C=O) groups is 1. The van der Waals surface area contributed by atoms with E-state index in [2.05, 4.69) is 10.0 Å². The van der Waals surface area contributed by atoms with Crippen molar-refractivity contribution in [2.24, 2.45) is 5.11 Å². The van der Waals surface area contributed by atoms with Crippen LogP contribution in [0.1, 0.15) is 17.5 Å². The van der Waals surface area contributed by atoms with Gasteiger partial charge in [0.1, 0.15) is 5.75 Å². The van der Waals surface area contributed by atoms with E-state index in [0.29, 0.717) is 24.3 Å². The van der Waals surface area contributed by atoms with Crippen molar-refractivity contribution < 1.29 is 14.6 Å². The highest BCUT2D eigenvalue weighted by atomic mass is 16.5. The zero-order chi connectivity index (χ0) is 14.1. The number of methoxy groups -OCH3 is 1. The van der Waals surface area contributed by atoms with Gasteiger partial charge in [0.15, 0.2) is 0 Å². The number of benzene rings is 1. The highest BCUT2D eigenvalue weighted by Gasteiger charge is 2.07. The standard InChI is InChI=1S/C13H15N3O3/c1-19-12-6-5-10(4-2-3-7-15-16-14)8-11(12)9-13(17)18/h2,4-6,8H,3,7,9H2,1H3,(H,17,18). The molecule has 0 unspecified atom stereocenters. The number of carboxylic acid groups (broad SMARTS) is 1. The van der Waals surface area contributed by atoms with Gasteiger partial charge in [-0.1, -0.05) is 23.3 Å². The Kier molecular flexibility index (Phi) is 5.98. The largest absolute Gasteiger partial charge is 0.496 e. The number of carboxylic acids is 1. The average molecular weight is 261 g/mol. The molecular formula is C13H15N3O3. The third-order valence-electron chi connectivity index (χ3n) is 2.42. The molecule has 0 aliphatic heterocycles. The van der Waals surface area contributed by atoms with Crippen LogP contribution in [-0.2, 0) is 11.2 Å². The van der Waals surface area contributed by atoms with Crippen molar-refractivity contribution in [3.8, 4) is 5.75 Å². The Morgan fingerprint density at radius 3 is 3.00 bits per heavy atom. The van der Waals surface area contributed by atoms with Gasteiger partial charge in [-0.2, -0.15) is 0 Å². The SMILES string of the molecule is COc1ccc(C=CCCN=[N+]=[N-])cc1CC(=O)O. The van der Waals surface area contributed by atoms with E-state index in [0.717, 1.165) is 5.56 Å². The summed E-state index contributed by atoms with van der Waals surface area (Å²) in [5.41, 5.74) is 9.64. The normalized spacial score (nSPS) is 10.2. The first-order valence-corrected chi connectivity index (χ1v) is 5.73. The van der Waals surface area contributed by atoms with Crippen molar-refractivity contribution in [3.63, 3.8) is 0 Å². The first-order chi connectivity index (χ1) is 9.17. The summed E-state index contributed by atoms with van der Waals surface area (Å²) in [6.45, 7) is 0.408. The minimum atomic E-state index is -0.900. The van der Waals surface area contributed by atoms with Gasteiger partial charge in [0, 0.05) is 17.0 Å². The molecule has 0 amide bonds. The van der Waals surface area contributed by atoms with Gasteiger partial charge in [0.05, 0.1) is 13.5 Å². The van der Waals surface area contributed by atoms with Gasteiger partial charge in [-0.25, -0.2) is 0 Å². The highest BCUT2D eigenvalue weighted by molar-refractivity contribution is 5.72. The van der Waals surface area contributed by atoms with Crippen molar-refractivity contribution in [1.82, 2.24) is 0 Å². The minimum absolute atomic E-state index is 0.0798. The third-order valence-corrected chi connectivity index (χ3v) is 2.42. The van der Waals surface area contributed by atoms with E-state index < -0.39 is 5.97 Å². The van der Waals surface area contributed by atoms with E-state index in [1.807, 2.05) is 18.2 Å². The monoisotopic (exact) mass is 261 g/mol. The van der Waals surface area contributed by atoms with Gasteiger partial charge < -0.3 is 9.84 Å². The van der Waals surface area contributed by atoms with Crippen LogP contribution in [0.3, 0.4) is 0 Å². The number of aliphatic carboxylic acids is 1. The Morgan fingerprint density at radius 2 is 2.37 bits per heavy atom. The van der Waals surface area contributed by atoms with Gasteiger partial charge in [-0.15, -0.1) is 0 Å². The lowest BCUT2D eigenvalue weighted by Crippen LogP contribution is -2.02. The first-order valence-electron chi connectivity index (χ1n) is 5.73. The second kappa shape index (κ2) is 7.79. The zero-order valence-electron chi connectivity index (χ0n) is 10.6. The second-order valence-electron chi connectivity index (χ2n) is 3.79. The molecule has 0 aliphatic carbocycles. The summed E-state index contributed by atoms with van der Waals surface area (Å²) in [4.78, 5) is 13.4. The van der Waals surface area contributed by atoms with Crippen LogP contribution in [0.4, 0.5) is 0 Å². The molecule has 1 aromatic rings. The summed E-state index contributed by atoms with van der Waals surface area (Å²) in [5, 5.41) is 12.2. The molecule has 0 saturated heterocycles. The smallest absolute Gasteiger partial charge is 0.307 e. The molecule has 1 N–H and O–H groups in total. The minimum Gasteiger partial charge on any atom is -0.496 e. The molecule has 0 fully saturated rings. The predicted molar refractivity (Wildman–Crippen MR) is 72.0 cm³/mol. The number of rotatable bonds is 7. The van der Waals surface area contributed by atoms with Crippen LogP contribution in [-0.4, -0.2) is 24.7 Å². The lowest BCUT2D eigenvalue weighted by molar-refractivity contribution is -0.136. The van der Waals surface area contributed by atoms with Crippen molar-refractivity contribution in [3.05, 3.63) is 45.8 Å². The molecule has 0 radical (unpaired) electrons. The average Bonchev–Trinajstić information content (AvgIpc) is 2.38. The zero-order valence-corrected chi connectivity index (χ0v) is 10.6. The van der Waals surface area contributed by atoms with Gasteiger partial charge in [-0.3, -0.25) is 4.79 Å².